The van der Waals surface area contributed by atoms with Crippen LogP contribution in [0.15, 0.2) is 48.8 Å². The highest BCUT2D eigenvalue weighted by Crippen LogP contribution is 2.27. The Hall–Kier alpha value is -2.47. The summed E-state index contributed by atoms with van der Waals surface area (Å²) in [6.45, 7) is 1.20. The molecule has 0 saturated carbocycles. The molecule has 1 aliphatic rings. The number of nitrogens with one attached hydrogen (secondary N) is 2. The second kappa shape index (κ2) is 8.58. The van der Waals surface area contributed by atoms with Crippen LogP contribution in [0.25, 0.3) is 0 Å². The van der Waals surface area contributed by atoms with Crippen molar-refractivity contribution in [3.8, 4) is 0 Å². The highest BCUT2D eigenvalue weighted by atomic mass is 19.1. The van der Waals surface area contributed by atoms with E-state index >= 15 is 0 Å². The minimum Gasteiger partial charge on any atom is -0.376 e. The Morgan fingerprint density at radius 2 is 2.16 bits per heavy atom. The molecular weight excluding hydrogens is 321 g/mol. The molecule has 1 aromatic carbocycles. The van der Waals surface area contributed by atoms with E-state index in [0.29, 0.717) is 19.6 Å². The Morgan fingerprint density at radius 1 is 1.32 bits per heavy atom. The number of amides is 2. The summed E-state index contributed by atoms with van der Waals surface area (Å²) in [7, 11) is 0. The maximum atomic E-state index is 13.2. The average molecular weight is 343 g/mol. The number of pyridine rings is 1. The van der Waals surface area contributed by atoms with Crippen molar-refractivity contribution >= 4 is 6.03 Å². The summed E-state index contributed by atoms with van der Waals surface area (Å²) in [5.41, 5.74) is 1.91. The Balaban J connectivity index is 1.57. The lowest BCUT2D eigenvalue weighted by Crippen LogP contribution is -2.42. The van der Waals surface area contributed by atoms with Crippen molar-refractivity contribution in [2.75, 3.05) is 13.2 Å². The lowest BCUT2D eigenvalue weighted by Gasteiger charge is -2.25. The second-order valence-corrected chi connectivity index (χ2v) is 6.09. The molecule has 0 spiro atoms. The van der Waals surface area contributed by atoms with Gasteiger partial charge in [0.15, 0.2) is 0 Å². The van der Waals surface area contributed by atoms with Crippen molar-refractivity contribution in [2.45, 2.75) is 31.4 Å². The first-order valence-electron chi connectivity index (χ1n) is 8.53. The van der Waals surface area contributed by atoms with Crippen molar-refractivity contribution in [2.24, 2.45) is 0 Å². The minimum atomic E-state index is -0.296. The van der Waals surface area contributed by atoms with Gasteiger partial charge in [-0.15, -0.1) is 0 Å². The predicted molar refractivity (Wildman–Crippen MR) is 92.6 cm³/mol. The Labute approximate surface area is 146 Å². The number of nitrogens with zero attached hydrogens (tertiary/aromatic N) is 1. The molecule has 2 amide bonds. The van der Waals surface area contributed by atoms with Gasteiger partial charge in [0.25, 0.3) is 0 Å². The first-order chi connectivity index (χ1) is 12.2. The number of urea groups is 1. The molecule has 132 valence electrons. The summed E-state index contributed by atoms with van der Waals surface area (Å²) in [4.78, 5) is 16.3. The number of ether oxygens (including phenoxy) is 1. The normalized spacial score (nSPS) is 17.9. The Morgan fingerprint density at radius 3 is 2.84 bits per heavy atom. The number of halogens is 1. The molecule has 0 aliphatic carbocycles. The SMILES string of the molecule is O=C(NCCc1cccnc1)NC(c1ccc(F)cc1)C1CCCO1. The van der Waals surface area contributed by atoms with E-state index in [1.165, 1.54) is 12.1 Å². The van der Waals surface area contributed by atoms with Crippen LogP contribution in [0.3, 0.4) is 0 Å². The smallest absolute Gasteiger partial charge is 0.315 e. The van der Waals surface area contributed by atoms with Crippen molar-refractivity contribution in [3.05, 3.63) is 65.7 Å². The van der Waals surface area contributed by atoms with Gasteiger partial charge in [-0.05, 0) is 48.6 Å². The largest absolute Gasteiger partial charge is 0.376 e. The van der Waals surface area contributed by atoms with Gasteiger partial charge in [0.05, 0.1) is 12.1 Å². The van der Waals surface area contributed by atoms with E-state index in [0.717, 1.165) is 24.0 Å². The van der Waals surface area contributed by atoms with Crippen molar-refractivity contribution in [1.82, 2.24) is 15.6 Å². The summed E-state index contributed by atoms with van der Waals surface area (Å²) in [5, 5.41) is 5.83. The molecule has 25 heavy (non-hydrogen) atoms. The highest BCUT2D eigenvalue weighted by molar-refractivity contribution is 5.74. The summed E-state index contributed by atoms with van der Waals surface area (Å²) in [6, 6.07) is 9.49. The quantitative estimate of drug-likeness (QED) is 0.847. The number of hydrogen-bond donors (Lipinski definition) is 2. The van der Waals surface area contributed by atoms with Crippen LogP contribution in [0.1, 0.15) is 30.0 Å². The van der Waals surface area contributed by atoms with Crippen molar-refractivity contribution in [1.29, 1.82) is 0 Å². The minimum absolute atomic E-state index is 0.0884. The van der Waals surface area contributed by atoms with E-state index in [1.807, 2.05) is 12.1 Å². The monoisotopic (exact) mass is 343 g/mol. The molecule has 1 saturated heterocycles. The fourth-order valence-corrected chi connectivity index (χ4v) is 2.99. The third-order valence-corrected chi connectivity index (χ3v) is 4.27. The molecule has 1 fully saturated rings. The van der Waals surface area contributed by atoms with Crippen molar-refractivity contribution < 1.29 is 13.9 Å². The lowest BCUT2D eigenvalue weighted by molar-refractivity contribution is 0.0807. The van der Waals surface area contributed by atoms with E-state index in [1.54, 1.807) is 24.5 Å². The van der Waals surface area contributed by atoms with E-state index in [-0.39, 0.29) is 24.0 Å². The third-order valence-electron chi connectivity index (χ3n) is 4.27. The second-order valence-electron chi connectivity index (χ2n) is 6.09. The van der Waals surface area contributed by atoms with Crippen LogP contribution in [0.4, 0.5) is 9.18 Å². The fourth-order valence-electron chi connectivity index (χ4n) is 2.99. The number of carbonyl (C=O) groups is 1. The summed E-state index contributed by atoms with van der Waals surface area (Å²) in [6.07, 6.45) is 5.97. The van der Waals surface area contributed by atoms with Gasteiger partial charge in [-0.2, -0.15) is 0 Å². The fraction of sp³-hybridized carbons (Fsp3) is 0.368. The highest BCUT2D eigenvalue weighted by Gasteiger charge is 2.28. The van der Waals surface area contributed by atoms with Crippen LogP contribution in [-0.4, -0.2) is 30.3 Å². The zero-order valence-corrected chi connectivity index (χ0v) is 14.0. The topological polar surface area (TPSA) is 63.2 Å². The number of aromatic nitrogens is 1. The van der Waals surface area contributed by atoms with Crippen molar-refractivity contribution in [3.63, 3.8) is 0 Å². The van der Waals surface area contributed by atoms with E-state index in [9.17, 15) is 9.18 Å². The van der Waals surface area contributed by atoms with E-state index in [2.05, 4.69) is 15.6 Å². The Bertz CT molecular complexity index is 673. The molecule has 0 bridgehead atoms. The standard InChI is InChI=1S/C19H22FN3O2/c20-16-7-5-15(6-8-16)18(17-4-2-12-25-17)23-19(24)22-11-9-14-3-1-10-21-13-14/h1,3,5-8,10,13,17-18H,2,4,9,11-12H2,(H2,22,23,24). The van der Waals surface area contributed by atoms with Crippen LogP contribution in [0.5, 0.6) is 0 Å². The molecule has 0 radical (unpaired) electrons. The van der Waals surface area contributed by atoms with Gasteiger partial charge >= 0.3 is 6.03 Å². The number of carbonyl (C=O) groups excluding carboxylic acids is 1. The molecule has 5 nitrogen and oxygen atoms in total. The molecular formula is C19H22FN3O2. The molecule has 2 heterocycles. The summed E-state index contributed by atoms with van der Waals surface area (Å²) in [5.74, 6) is -0.296. The number of hydrogen-bond acceptors (Lipinski definition) is 3. The van der Waals surface area contributed by atoms with Gasteiger partial charge in [0.2, 0.25) is 0 Å². The number of rotatable bonds is 6. The van der Waals surface area contributed by atoms with Gasteiger partial charge in [-0.3, -0.25) is 4.98 Å². The van der Waals surface area contributed by atoms with E-state index in [4.69, 9.17) is 4.74 Å². The lowest BCUT2D eigenvalue weighted by atomic mass is 9.99. The van der Waals surface area contributed by atoms with Crippen LogP contribution in [-0.2, 0) is 11.2 Å². The molecule has 2 aromatic rings. The Kier molecular flexibility index (Phi) is 5.95. The van der Waals surface area contributed by atoms with Crippen LogP contribution in [0, 0.1) is 5.82 Å². The van der Waals surface area contributed by atoms with Crippen LogP contribution < -0.4 is 10.6 Å². The van der Waals surface area contributed by atoms with Gasteiger partial charge < -0.3 is 15.4 Å². The molecule has 2 unspecified atom stereocenters. The molecule has 1 aliphatic heterocycles. The zero-order chi connectivity index (χ0) is 17.5. The molecule has 2 N–H and O–H groups in total. The maximum absolute atomic E-state index is 13.2. The molecule has 3 rings (SSSR count). The first-order valence-corrected chi connectivity index (χ1v) is 8.53. The number of benzene rings is 1. The molecule has 6 heteroatoms. The van der Waals surface area contributed by atoms with Crippen LogP contribution in [0.2, 0.25) is 0 Å². The van der Waals surface area contributed by atoms with Gasteiger partial charge in [0.1, 0.15) is 5.82 Å². The summed E-state index contributed by atoms with van der Waals surface area (Å²) < 4.78 is 18.9. The van der Waals surface area contributed by atoms with Gasteiger partial charge in [0, 0.05) is 25.5 Å². The molecule has 1 aromatic heterocycles. The van der Waals surface area contributed by atoms with Gasteiger partial charge in [-0.25, -0.2) is 9.18 Å². The predicted octanol–water partition coefficient (Wildman–Crippen LogP) is 2.98. The maximum Gasteiger partial charge on any atom is 0.315 e. The van der Waals surface area contributed by atoms with Crippen LogP contribution >= 0.6 is 0 Å². The third kappa shape index (κ3) is 5.00. The summed E-state index contributed by atoms with van der Waals surface area (Å²) >= 11 is 0. The average Bonchev–Trinajstić information content (AvgIpc) is 3.16. The van der Waals surface area contributed by atoms with E-state index < -0.39 is 0 Å². The first kappa shape index (κ1) is 17.4. The molecule has 2 atom stereocenters. The zero-order valence-electron chi connectivity index (χ0n) is 14.0. The van der Waals surface area contributed by atoms with Gasteiger partial charge in [-0.1, -0.05) is 18.2 Å².